The summed E-state index contributed by atoms with van der Waals surface area (Å²) >= 11 is 0. The highest BCUT2D eigenvalue weighted by Crippen LogP contribution is 2.24. The van der Waals surface area contributed by atoms with Crippen molar-refractivity contribution in [1.82, 2.24) is 0 Å². The Kier molecular flexibility index (Phi) is 4.05. The first-order chi connectivity index (χ1) is 9.39. The minimum absolute atomic E-state index is 0.0552. The third-order valence-corrected chi connectivity index (χ3v) is 3.40. The van der Waals surface area contributed by atoms with E-state index in [1.165, 1.54) is 5.56 Å². The van der Waals surface area contributed by atoms with E-state index in [0.717, 1.165) is 0 Å². The molecule has 0 saturated heterocycles. The first-order valence-electron chi connectivity index (χ1n) is 6.77. The van der Waals surface area contributed by atoms with E-state index in [0.29, 0.717) is 11.1 Å². The van der Waals surface area contributed by atoms with Crippen LogP contribution in [-0.2, 0) is 5.41 Å². The predicted octanol–water partition coefficient (Wildman–Crippen LogP) is 3.90. The zero-order valence-corrected chi connectivity index (χ0v) is 12.1. The summed E-state index contributed by atoms with van der Waals surface area (Å²) in [7, 11) is 0. The third kappa shape index (κ3) is 3.14. The summed E-state index contributed by atoms with van der Waals surface area (Å²) < 4.78 is 0. The first kappa shape index (κ1) is 14.5. The molecule has 2 nitrogen and oxygen atoms in total. The highest BCUT2D eigenvalue weighted by atomic mass is 16.3. The van der Waals surface area contributed by atoms with Gasteiger partial charge in [-0.1, -0.05) is 75.4 Å². The highest BCUT2D eigenvalue weighted by molar-refractivity contribution is 5.99. The fourth-order valence-corrected chi connectivity index (χ4v) is 2.08. The Morgan fingerprint density at radius 2 is 1.50 bits per heavy atom. The van der Waals surface area contributed by atoms with E-state index < -0.39 is 6.10 Å². The van der Waals surface area contributed by atoms with Crippen LogP contribution in [0, 0.1) is 0 Å². The van der Waals surface area contributed by atoms with Gasteiger partial charge in [0.1, 0.15) is 6.10 Å². The second-order valence-corrected chi connectivity index (χ2v) is 6.00. The van der Waals surface area contributed by atoms with Crippen LogP contribution >= 0.6 is 0 Å². The predicted molar refractivity (Wildman–Crippen MR) is 80.9 cm³/mol. The molecule has 0 aromatic heterocycles. The maximum absolute atomic E-state index is 12.3. The summed E-state index contributed by atoms with van der Waals surface area (Å²) in [6.45, 7) is 6.38. The van der Waals surface area contributed by atoms with Gasteiger partial charge in [-0.15, -0.1) is 0 Å². The fourth-order valence-electron chi connectivity index (χ4n) is 2.08. The van der Waals surface area contributed by atoms with Gasteiger partial charge >= 0.3 is 0 Å². The normalized spacial score (nSPS) is 13.0. The summed E-state index contributed by atoms with van der Waals surface area (Å²) in [5.74, 6) is -0.267. The van der Waals surface area contributed by atoms with Crippen molar-refractivity contribution in [3.05, 3.63) is 71.3 Å². The molecule has 0 bridgehead atoms. The topological polar surface area (TPSA) is 37.3 Å². The lowest BCUT2D eigenvalue weighted by atomic mass is 9.86. The molecule has 0 radical (unpaired) electrons. The second-order valence-electron chi connectivity index (χ2n) is 6.00. The van der Waals surface area contributed by atoms with Crippen LogP contribution in [0.25, 0.3) is 0 Å². The van der Waals surface area contributed by atoms with Crippen molar-refractivity contribution < 1.29 is 9.90 Å². The zero-order valence-electron chi connectivity index (χ0n) is 12.1. The molecular formula is C18H20O2. The van der Waals surface area contributed by atoms with E-state index in [-0.39, 0.29) is 11.2 Å². The molecule has 20 heavy (non-hydrogen) atoms. The average Bonchev–Trinajstić information content (AvgIpc) is 2.46. The molecule has 0 saturated carbocycles. The largest absolute Gasteiger partial charge is 0.380 e. The van der Waals surface area contributed by atoms with Gasteiger partial charge in [0.25, 0.3) is 0 Å². The quantitative estimate of drug-likeness (QED) is 0.857. The van der Waals surface area contributed by atoms with Crippen LogP contribution in [0.15, 0.2) is 54.6 Å². The third-order valence-electron chi connectivity index (χ3n) is 3.40. The Morgan fingerprint density at radius 3 is 2.00 bits per heavy atom. The zero-order chi connectivity index (χ0) is 14.8. The number of carbonyl (C=O) groups excluding carboxylic acids is 1. The summed E-state index contributed by atoms with van der Waals surface area (Å²) in [5, 5.41) is 10.1. The monoisotopic (exact) mass is 268 g/mol. The molecule has 0 heterocycles. The molecule has 0 aliphatic carbocycles. The molecule has 0 aliphatic rings. The summed E-state index contributed by atoms with van der Waals surface area (Å²) in [6, 6.07) is 16.5. The Labute approximate surface area is 120 Å². The minimum atomic E-state index is -1.10. The van der Waals surface area contributed by atoms with Crippen LogP contribution in [-0.4, -0.2) is 10.9 Å². The Balaban J connectivity index is 2.22. The molecule has 2 rings (SSSR count). The maximum atomic E-state index is 12.3. The molecule has 1 atom stereocenters. The van der Waals surface area contributed by atoms with Gasteiger partial charge in [0.2, 0.25) is 0 Å². The molecule has 104 valence electrons. The number of Topliss-reactive ketones (excluding diaryl/α,β-unsaturated/α-hetero) is 1. The van der Waals surface area contributed by atoms with Gasteiger partial charge in [-0.25, -0.2) is 0 Å². The number of hydrogen-bond donors (Lipinski definition) is 1. The molecule has 2 aromatic rings. The molecule has 0 spiro atoms. The SMILES string of the molecule is CC(C)(C)c1ccc(C(=O)C(O)c2ccccc2)cc1. The van der Waals surface area contributed by atoms with Crippen LogP contribution in [0.5, 0.6) is 0 Å². The lowest BCUT2D eigenvalue weighted by Gasteiger charge is -2.19. The van der Waals surface area contributed by atoms with Gasteiger partial charge < -0.3 is 5.11 Å². The average molecular weight is 268 g/mol. The smallest absolute Gasteiger partial charge is 0.195 e. The molecule has 0 aliphatic heterocycles. The number of benzene rings is 2. The van der Waals surface area contributed by atoms with Gasteiger partial charge in [0.15, 0.2) is 5.78 Å². The van der Waals surface area contributed by atoms with Gasteiger partial charge in [-0.3, -0.25) is 4.79 Å². The van der Waals surface area contributed by atoms with E-state index in [9.17, 15) is 9.90 Å². The number of aliphatic hydroxyl groups excluding tert-OH is 1. The van der Waals surface area contributed by atoms with Crippen LogP contribution in [0.2, 0.25) is 0 Å². The van der Waals surface area contributed by atoms with Gasteiger partial charge in [0.05, 0.1) is 0 Å². The van der Waals surface area contributed by atoms with Crippen molar-refractivity contribution in [1.29, 1.82) is 0 Å². The van der Waals surface area contributed by atoms with Crippen molar-refractivity contribution in [2.75, 3.05) is 0 Å². The van der Waals surface area contributed by atoms with Gasteiger partial charge in [-0.05, 0) is 16.5 Å². The number of carbonyl (C=O) groups is 1. The highest BCUT2D eigenvalue weighted by Gasteiger charge is 2.20. The van der Waals surface area contributed by atoms with Crippen LogP contribution in [0.1, 0.15) is 48.4 Å². The number of aliphatic hydroxyl groups is 1. The second kappa shape index (κ2) is 5.59. The number of ketones is 1. The number of hydrogen-bond acceptors (Lipinski definition) is 2. The maximum Gasteiger partial charge on any atom is 0.195 e. The van der Waals surface area contributed by atoms with Gasteiger partial charge in [0, 0.05) is 5.56 Å². The van der Waals surface area contributed by atoms with E-state index >= 15 is 0 Å². The molecule has 2 heteroatoms. The molecule has 1 unspecified atom stereocenters. The Bertz CT molecular complexity index is 577. The van der Waals surface area contributed by atoms with E-state index in [1.807, 2.05) is 30.3 Å². The van der Waals surface area contributed by atoms with Crippen LogP contribution in [0.3, 0.4) is 0 Å². The summed E-state index contributed by atoms with van der Waals surface area (Å²) in [5.41, 5.74) is 2.38. The lowest BCUT2D eigenvalue weighted by Crippen LogP contribution is -2.14. The van der Waals surface area contributed by atoms with E-state index in [1.54, 1.807) is 24.3 Å². The standard InChI is InChI=1S/C18H20O2/c1-18(2,3)15-11-9-14(10-12-15)17(20)16(19)13-7-5-4-6-8-13/h4-12,16,19H,1-3H3. The lowest BCUT2D eigenvalue weighted by molar-refractivity contribution is 0.0747. The van der Waals surface area contributed by atoms with Crippen LogP contribution in [0.4, 0.5) is 0 Å². The fraction of sp³-hybridized carbons (Fsp3) is 0.278. The molecular weight excluding hydrogens is 248 g/mol. The van der Waals surface area contributed by atoms with Crippen molar-refractivity contribution in [3.8, 4) is 0 Å². The van der Waals surface area contributed by atoms with E-state index in [2.05, 4.69) is 20.8 Å². The molecule has 2 aromatic carbocycles. The van der Waals surface area contributed by atoms with Crippen molar-refractivity contribution in [2.45, 2.75) is 32.3 Å². The molecule has 0 amide bonds. The first-order valence-corrected chi connectivity index (χ1v) is 6.77. The Hall–Kier alpha value is -1.93. The van der Waals surface area contributed by atoms with Crippen LogP contribution < -0.4 is 0 Å². The summed E-state index contributed by atoms with van der Waals surface area (Å²) in [4.78, 5) is 12.3. The van der Waals surface area contributed by atoms with E-state index in [4.69, 9.17) is 0 Å². The Morgan fingerprint density at radius 1 is 0.950 bits per heavy atom. The van der Waals surface area contributed by atoms with Gasteiger partial charge in [-0.2, -0.15) is 0 Å². The van der Waals surface area contributed by atoms with Crippen molar-refractivity contribution >= 4 is 5.78 Å². The number of rotatable bonds is 3. The molecule has 1 N–H and O–H groups in total. The molecule has 0 fully saturated rings. The van der Waals surface area contributed by atoms with Crippen molar-refractivity contribution in [2.24, 2.45) is 0 Å². The minimum Gasteiger partial charge on any atom is -0.380 e. The summed E-state index contributed by atoms with van der Waals surface area (Å²) in [6.07, 6.45) is -1.10. The van der Waals surface area contributed by atoms with Crippen molar-refractivity contribution in [3.63, 3.8) is 0 Å².